The lowest BCUT2D eigenvalue weighted by molar-refractivity contribution is 0.497. The number of hydrogen-bond acceptors (Lipinski definition) is 3. The van der Waals surface area contributed by atoms with Crippen LogP contribution >= 0.6 is 0 Å². The first-order chi connectivity index (χ1) is 9.96. The van der Waals surface area contributed by atoms with Gasteiger partial charge in [0, 0.05) is 0 Å². The number of rotatable bonds is 5. The Morgan fingerprint density at radius 3 is 2.14 bits per heavy atom. The second kappa shape index (κ2) is 6.59. The fourth-order valence-electron chi connectivity index (χ4n) is 1.80. The molecule has 0 saturated carbocycles. The van der Waals surface area contributed by atoms with E-state index in [1.165, 1.54) is 6.08 Å². The van der Waals surface area contributed by atoms with Gasteiger partial charge in [-0.15, -0.1) is 0 Å². The Labute approximate surface area is 126 Å². The average molecular weight is 302 g/mol. The molecule has 110 valence electrons. The third kappa shape index (κ3) is 4.76. The maximum Gasteiger partial charge on any atom is 0.332 e. The number of hydrogen-bond donors (Lipinski definition) is 0. The van der Waals surface area contributed by atoms with Crippen LogP contribution in [0.25, 0.3) is 6.08 Å². The lowest BCUT2D eigenvalue weighted by Crippen LogP contribution is -2.05. The van der Waals surface area contributed by atoms with Crippen molar-refractivity contribution in [2.24, 2.45) is 0 Å². The van der Waals surface area contributed by atoms with Crippen molar-refractivity contribution < 1.29 is 12.6 Å². The average Bonchev–Trinajstić information content (AvgIpc) is 2.46. The summed E-state index contributed by atoms with van der Waals surface area (Å²) in [5, 5.41) is 1.07. The summed E-state index contributed by atoms with van der Waals surface area (Å²) in [5.74, 6) is 0.714. The molecule has 0 heterocycles. The van der Waals surface area contributed by atoms with E-state index in [0.717, 1.165) is 16.5 Å². The summed E-state index contributed by atoms with van der Waals surface area (Å²) in [4.78, 5) is 0. The fourth-order valence-corrected chi connectivity index (χ4v) is 2.55. The van der Waals surface area contributed by atoms with Crippen LogP contribution in [0.15, 0.2) is 60.0 Å². The maximum atomic E-state index is 11.9. The Kier molecular flexibility index (Phi) is 4.81. The molecular weight excluding hydrogens is 284 g/mol. The molecule has 2 rings (SSSR count). The summed E-state index contributed by atoms with van der Waals surface area (Å²) in [7, 11) is -3.75. The molecule has 0 N–H and O–H groups in total. The van der Waals surface area contributed by atoms with E-state index in [4.69, 9.17) is 4.18 Å². The summed E-state index contributed by atoms with van der Waals surface area (Å²) in [6, 6.07) is 16.3. The van der Waals surface area contributed by atoms with Crippen molar-refractivity contribution >= 4 is 16.2 Å². The zero-order chi connectivity index (χ0) is 15.3. The van der Waals surface area contributed by atoms with Crippen molar-refractivity contribution in [2.45, 2.75) is 19.8 Å². The maximum absolute atomic E-state index is 11.9. The van der Waals surface area contributed by atoms with E-state index in [0.29, 0.717) is 11.7 Å². The van der Waals surface area contributed by atoms with Crippen LogP contribution in [0.1, 0.15) is 30.9 Å². The molecule has 0 spiro atoms. The van der Waals surface area contributed by atoms with Crippen molar-refractivity contribution in [3.63, 3.8) is 0 Å². The topological polar surface area (TPSA) is 43.4 Å². The van der Waals surface area contributed by atoms with Gasteiger partial charge in [-0.3, -0.25) is 0 Å². The minimum atomic E-state index is -3.75. The minimum absolute atomic E-state index is 0.317. The van der Waals surface area contributed by atoms with Crippen molar-refractivity contribution in [3.05, 3.63) is 71.1 Å². The predicted molar refractivity (Wildman–Crippen MR) is 85.6 cm³/mol. The van der Waals surface area contributed by atoms with Gasteiger partial charge in [-0.05, 0) is 35.3 Å². The molecule has 3 nitrogen and oxygen atoms in total. The summed E-state index contributed by atoms with van der Waals surface area (Å²) in [5.41, 5.74) is 1.94. The smallest absolute Gasteiger partial charge is 0.332 e. The molecule has 2 aromatic rings. The van der Waals surface area contributed by atoms with Gasteiger partial charge in [0.05, 0.1) is 5.41 Å². The normalized spacial score (nSPS) is 12.0. The lowest BCUT2D eigenvalue weighted by atomic mass is 10.0. The van der Waals surface area contributed by atoms with Crippen molar-refractivity contribution in [2.75, 3.05) is 0 Å². The zero-order valence-electron chi connectivity index (χ0n) is 12.1. The standard InChI is InChI=1S/C17H18O3S/c1-14(2)16-8-10-17(11-9-16)20-21(18,19)13-12-15-6-4-3-5-7-15/h3-14H,1-2H3/b13-12+. The van der Waals surface area contributed by atoms with Gasteiger partial charge in [-0.2, -0.15) is 8.42 Å². The van der Waals surface area contributed by atoms with Gasteiger partial charge >= 0.3 is 10.1 Å². The first-order valence-electron chi connectivity index (χ1n) is 6.74. The third-order valence-electron chi connectivity index (χ3n) is 2.99. The van der Waals surface area contributed by atoms with Gasteiger partial charge in [0.15, 0.2) is 0 Å². The first-order valence-corrected chi connectivity index (χ1v) is 8.21. The van der Waals surface area contributed by atoms with Crippen molar-refractivity contribution in [1.82, 2.24) is 0 Å². The Bertz CT molecular complexity index is 699. The third-order valence-corrected chi connectivity index (χ3v) is 3.88. The van der Waals surface area contributed by atoms with Crippen molar-refractivity contribution in [1.29, 1.82) is 0 Å². The van der Waals surface area contributed by atoms with E-state index in [2.05, 4.69) is 13.8 Å². The van der Waals surface area contributed by atoms with Crippen LogP contribution in [0.5, 0.6) is 5.75 Å². The van der Waals surface area contributed by atoms with Gasteiger partial charge in [0.25, 0.3) is 0 Å². The molecule has 0 saturated heterocycles. The molecule has 0 fully saturated rings. The molecule has 0 aliphatic carbocycles. The summed E-state index contributed by atoms with van der Waals surface area (Å²) in [6.07, 6.45) is 1.51. The van der Waals surface area contributed by atoms with Gasteiger partial charge in [0.1, 0.15) is 5.75 Å². The minimum Gasteiger partial charge on any atom is -0.379 e. The van der Waals surface area contributed by atoms with Crippen LogP contribution in [0, 0.1) is 0 Å². The molecule has 4 heteroatoms. The highest BCUT2D eigenvalue weighted by atomic mass is 32.2. The molecular formula is C17H18O3S. The summed E-state index contributed by atoms with van der Waals surface area (Å²) >= 11 is 0. The fraction of sp³-hybridized carbons (Fsp3) is 0.176. The van der Waals surface area contributed by atoms with Crippen LogP contribution in [0.2, 0.25) is 0 Å². The highest BCUT2D eigenvalue weighted by Crippen LogP contribution is 2.20. The molecule has 0 aliphatic heterocycles. The zero-order valence-corrected chi connectivity index (χ0v) is 12.9. The Balaban J connectivity index is 2.09. The van der Waals surface area contributed by atoms with E-state index >= 15 is 0 Å². The van der Waals surface area contributed by atoms with Crippen LogP contribution in [-0.4, -0.2) is 8.42 Å². The number of benzene rings is 2. The van der Waals surface area contributed by atoms with Crippen LogP contribution in [0.3, 0.4) is 0 Å². The largest absolute Gasteiger partial charge is 0.379 e. The molecule has 21 heavy (non-hydrogen) atoms. The predicted octanol–water partition coefficient (Wildman–Crippen LogP) is 4.19. The van der Waals surface area contributed by atoms with E-state index in [1.807, 2.05) is 42.5 Å². The van der Waals surface area contributed by atoms with Crippen LogP contribution in [0.4, 0.5) is 0 Å². The molecule has 0 aromatic heterocycles. The Morgan fingerprint density at radius 2 is 1.57 bits per heavy atom. The van der Waals surface area contributed by atoms with Gasteiger partial charge in [0.2, 0.25) is 0 Å². The molecule has 2 aromatic carbocycles. The van der Waals surface area contributed by atoms with Gasteiger partial charge < -0.3 is 4.18 Å². The molecule has 0 amide bonds. The van der Waals surface area contributed by atoms with E-state index in [-0.39, 0.29) is 0 Å². The summed E-state index contributed by atoms with van der Waals surface area (Å²) in [6.45, 7) is 4.16. The molecule has 0 atom stereocenters. The SMILES string of the molecule is CC(C)c1ccc(OS(=O)(=O)/C=C/c2ccccc2)cc1. The van der Waals surface area contributed by atoms with Crippen LogP contribution in [-0.2, 0) is 10.1 Å². The van der Waals surface area contributed by atoms with E-state index in [1.54, 1.807) is 12.1 Å². The second-order valence-electron chi connectivity index (χ2n) is 5.01. The van der Waals surface area contributed by atoms with Crippen molar-refractivity contribution in [3.8, 4) is 5.75 Å². The van der Waals surface area contributed by atoms with Gasteiger partial charge in [-0.1, -0.05) is 56.3 Å². The van der Waals surface area contributed by atoms with Crippen LogP contribution < -0.4 is 4.18 Å². The highest BCUT2D eigenvalue weighted by Gasteiger charge is 2.08. The monoisotopic (exact) mass is 302 g/mol. The quantitative estimate of drug-likeness (QED) is 0.778. The lowest BCUT2D eigenvalue weighted by Gasteiger charge is -2.07. The first kappa shape index (κ1) is 15.3. The van der Waals surface area contributed by atoms with E-state index < -0.39 is 10.1 Å². The molecule has 0 radical (unpaired) electrons. The van der Waals surface area contributed by atoms with Gasteiger partial charge in [-0.25, -0.2) is 0 Å². The molecule has 0 unspecified atom stereocenters. The van der Waals surface area contributed by atoms with E-state index in [9.17, 15) is 8.42 Å². The Hall–Kier alpha value is -2.07. The molecule has 0 aliphatic rings. The Morgan fingerprint density at radius 1 is 0.952 bits per heavy atom. The second-order valence-corrected chi connectivity index (χ2v) is 6.44. The summed E-state index contributed by atoms with van der Waals surface area (Å²) < 4.78 is 28.8. The highest BCUT2D eigenvalue weighted by molar-refractivity contribution is 7.90. The molecule has 0 bridgehead atoms.